The smallest absolute Gasteiger partial charge is 0.416 e. The van der Waals surface area contributed by atoms with Crippen molar-refractivity contribution in [3.63, 3.8) is 0 Å². The fourth-order valence-corrected chi connectivity index (χ4v) is 2.77. The summed E-state index contributed by atoms with van der Waals surface area (Å²) in [6.45, 7) is 7.22. The van der Waals surface area contributed by atoms with E-state index in [4.69, 9.17) is 4.74 Å². The first kappa shape index (κ1) is 21.3. The molecular formula is C20H21BrF3NO2. The van der Waals surface area contributed by atoms with Crippen LogP contribution in [0.4, 0.5) is 23.7 Å². The van der Waals surface area contributed by atoms with Crippen molar-refractivity contribution in [1.82, 2.24) is 0 Å². The molecule has 1 amide bonds. The average molecular weight is 444 g/mol. The fraction of sp³-hybridized carbons (Fsp3) is 0.350. The highest BCUT2D eigenvalue weighted by Gasteiger charge is 2.30. The molecule has 3 nitrogen and oxygen atoms in total. The molecule has 27 heavy (non-hydrogen) atoms. The summed E-state index contributed by atoms with van der Waals surface area (Å²) < 4.78 is 44.6. The molecule has 0 heterocycles. The normalized spacial score (nSPS) is 12.0. The zero-order chi connectivity index (χ0) is 20.4. The number of hydrogen-bond donors (Lipinski definition) is 0. The van der Waals surface area contributed by atoms with Gasteiger partial charge in [0.1, 0.15) is 5.60 Å². The third-order valence-corrected chi connectivity index (χ3v) is 4.19. The van der Waals surface area contributed by atoms with E-state index >= 15 is 0 Å². The van der Waals surface area contributed by atoms with Crippen LogP contribution in [-0.2, 0) is 17.5 Å². The van der Waals surface area contributed by atoms with Crippen LogP contribution in [-0.4, -0.2) is 11.7 Å². The van der Waals surface area contributed by atoms with Gasteiger partial charge >= 0.3 is 12.3 Å². The fourth-order valence-electron chi connectivity index (χ4n) is 2.42. The molecular weight excluding hydrogens is 423 g/mol. The minimum Gasteiger partial charge on any atom is -0.443 e. The zero-order valence-electron chi connectivity index (χ0n) is 15.5. The maximum Gasteiger partial charge on any atom is 0.416 e. The molecule has 146 valence electrons. The number of halogens is 4. The van der Waals surface area contributed by atoms with Gasteiger partial charge in [0.15, 0.2) is 0 Å². The highest BCUT2D eigenvalue weighted by Crippen LogP contribution is 2.31. The third-order valence-electron chi connectivity index (χ3n) is 3.70. The molecule has 0 saturated heterocycles. The Bertz CT molecular complexity index is 811. The first-order valence-corrected chi connectivity index (χ1v) is 9.09. The molecule has 2 aromatic carbocycles. The molecule has 0 aromatic heterocycles. The Morgan fingerprint density at radius 1 is 1.07 bits per heavy atom. The number of aryl methyl sites for hydroxylation is 1. The number of rotatable bonds is 3. The molecule has 0 unspecified atom stereocenters. The third kappa shape index (κ3) is 5.99. The summed E-state index contributed by atoms with van der Waals surface area (Å²) >= 11 is 3.39. The van der Waals surface area contributed by atoms with Crippen LogP contribution in [0, 0.1) is 6.92 Å². The molecule has 2 rings (SSSR count). The van der Waals surface area contributed by atoms with Gasteiger partial charge in [0.05, 0.1) is 17.8 Å². The van der Waals surface area contributed by atoms with Gasteiger partial charge in [-0.15, -0.1) is 0 Å². The summed E-state index contributed by atoms with van der Waals surface area (Å²) in [5.74, 6) is 0. The lowest BCUT2D eigenvalue weighted by Crippen LogP contribution is -2.37. The van der Waals surface area contributed by atoms with E-state index in [1.165, 1.54) is 17.0 Å². The van der Waals surface area contributed by atoms with Gasteiger partial charge in [-0.1, -0.05) is 34.1 Å². The van der Waals surface area contributed by atoms with Gasteiger partial charge in [-0.2, -0.15) is 13.2 Å². The number of benzene rings is 2. The highest BCUT2D eigenvalue weighted by atomic mass is 79.9. The van der Waals surface area contributed by atoms with Crippen LogP contribution in [0.3, 0.4) is 0 Å². The van der Waals surface area contributed by atoms with Crippen LogP contribution >= 0.6 is 15.9 Å². The Morgan fingerprint density at radius 3 is 2.19 bits per heavy atom. The molecule has 7 heteroatoms. The van der Waals surface area contributed by atoms with Crippen LogP contribution in [0.15, 0.2) is 46.9 Å². The Kier molecular flexibility index (Phi) is 6.24. The number of amides is 1. The van der Waals surface area contributed by atoms with Crippen LogP contribution in [0.25, 0.3) is 0 Å². The Balaban J connectivity index is 2.38. The second-order valence-corrected chi connectivity index (χ2v) is 8.11. The molecule has 0 fully saturated rings. The van der Waals surface area contributed by atoms with Gasteiger partial charge in [-0.25, -0.2) is 4.79 Å². The van der Waals surface area contributed by atoms with Gasteiger partial charge in [-0.3, -0.25) is 4.90 Å². The molecule has 0 saturated carbocycles. The van der Waals surface area contributed by atoms with Crippen molar-refractivity contribution in [3.05, 3.63) is 63.6 Å². The van der Waals surface area contributed by atoms with Crippen LogP contribution in [0.5, 0.6) is 0 Å². The van der Waals surface area contributed by atoms with Crippen LogP contribution in [0.2, 0.25) is 0 Å². The van der Waals surface area contributed by atoms with Crippen molar-refractivity contribution >= 4 is 27.7 Å². The lowest BCUT2D eigenvalue weighted by atomic mass is 10.1. The monoisotopic (exact) mass is 443 g/mol. The number of carbonyl (C=O) groups excluding carboxylic acids is 1. The molecule has 0 aliphatic heterocycles. The Morgan fingerprint density at radius 2 is 1.67 bits per heavy atom. The van der Waals surface area contributed by atoms with E-state index in [0.29, 0.717) is 11.3 Å². The van der Waals surface area contributed by atoms with E-state index in [2.05, 4.69) is 15.9 Å². The van der Waals surface area contributed by atoms with E-state index < -0.39 is 23.4 Å². The summed E-state index contributed by atoms with van der Waals surface area (Å²) in [4.78, 5) is 14.2. The quantitative estimate of drug-likeness (QED) is 0.526. The van der Waals surface area contributed by atoms with Crippen LogP contribution in [0.1, 0.15) is 37.5 Å². The van der Waals surface area contributed by atoms with Gasteiger partial charge in [-0.05, 0) is 63.1 Å². The van der Waals surface area contributed by atoms with E-state index in [1.807, 2.05) is 19.1 Å². The maximum absolute atomic E-state index is 12.8. The molecule has 0 atom stereocenters. The summed E-state index contributed by atoms with van der Waals surface area (Å²) in [5, 5.41) is 0. The standard InChI is InChI=1S/C20H21BrF3NO2/c1-13-5-10-16(21)11-17(13)25(18(26)27-19(2,3)4)12-14-6-8-15(9-7-14)20(22,23)24/h5-11H,12H2,1-4H3. The Hall–Kier alpha value is -2.02. The van der Waals surface area contributed by atoms with E-state index in [1.54, 1.807) is 26.8 Å². The van der Waals surface area contributed by atoms with Crippen molar-refractivity contribution in [2.45, 2.75) is 46.0 Å². The van der Waals surface area contributed by atoms with Crippen molar-refractivity contribution in [2.75, 3.05) is 4.90 Å². The summed E-state index contributed by atoms with van der Waals surface area (Å²) in [7, 11) is 0. The first-order chi connectivity index (χ1) is 12.4. The van der Waals surface area contributed by atoms with Crippen molar-refractivity contribution in [2.24, 2.45) is 0 Å². The average Bonchev–Trinajstić information content (AvgIpc) is 2.53. The van der Waals surface area contributed by atoms with Crippen molar-refractivity contribution < 1.29 is 22.7 Å². The van der Waals surface area contributed by atoms with E-state index in [0.717, 1.165) is 22.2 Å². The maximum atomic E-state index is 12.8. The molecule has 0 bridgehead atoms. The summed E-state index contributed by atoms with van der Waals surface area (Å²) in [6.07, 6.45) is -4.96. The second kappa shape index (κ2) is 7.92. The summed E-state index contributed by atoms with van der Waals surface area (Å²) in [6, 6.07) is 10.2. The highest BCUT2D eigenvalue weighted by molar-refractivity contribution is 9.10. The topological polar surface area (TPSA) is 29.5 Å². The molecule has 2 aromatic rings. The van der Waals surface area contributed by atoms with Gasteiger partial charge in [0, 0.05) is 4.47 Å². The van der Waals surface area contributed by atoms with Gasteiger partial charge < -0.3 is 4.74 Å². The SMILES string of the molecule is Cc1ccc(Br)cc1N(Cc1ccc(C(F)(F)F)cc1)C(=O)OC(C)(C)C. The lowest BCUT2D eigenvalue weighted by molar-refractivity contribution is -0.137. The number of alkyl halides is 3. The molecule has 0 N–H and O–H groups in total. The van der Waals surface area contributed by atoms with Crippen molar-refractivity contribution in [1.29, 1.82) is 0 Å². The molecule has 0 radical (unpaired) electrons. The number of nitrogens with zero attached hydrogens (tertiary/aromatic N) is 1. The minimum absolute atomic E-state index is 0.0876. The molecule has 0 aliphatic carbocycles. The van der Waals surface area contributed by atoms with E-state index in [-0.39, 0.29) is 6.54 Å². The largest absolute Gasteiger partial charge is 0.443 e. The molecule has 0 aliphatic rings. The molecule has 0 spiro atoms. The number of anilines is 1. The first-order valence-electron chi connectivity index (χ1n) is 8.29. The second-order valence-electron chi connectivity index (χ2n) is 7.19. The van der Waals surface area contributed by atoms with Gasteiger partial charge in [0.25, 0.3) is 0 Å². The number of hydrogen-bond acceptors (Lipinski definition) is 2. The Labute approximate surface area is 165 Å². The van der Waals surface area contributed by atoms with Gasteiger partial charge in [0.2, 0.25) is 0 Å². The van der Waals surface area contributed by atoms with Crippen LogP contribution < -0.4 is 4.90 Å². The van der Waals surface area contributed by atoms with E-state index in [9.17, 15) is 18.0 Å². The zero-order valence-corrected chi connectivity index (χ0v) is 17.1. The summed E-state index contributed by atoms with van der Waals surface area (Å²) in [5.41, 5.74) is 0.603. The predicted octanol–water partition coefficient (Wildman–Crippen LogP) is 6.72. The number of carbonyl (C=O) groups is 1. The number of ether oxygens (including phenoxy) is 1. The predicted molar refractivity (Wildman–Crippen MR) is 103 cm³/mol. The van der Waals surface area contributed by atoms with Crippen molar-refractivity contribution in [3.8, 4) is 0 Å². The minimum atomic E-state index is -4.40. The lowest BCUT2D eigenvalue weighted by Gasteiger charge is -2.28.